The lowest BCUT2D eigenvalue weighted by molar-refractivity contribution is -0.0263. The van der Waals surface area contributed by atoms with Crippen LogP contribution in [0.3, 0.4) is 0 Å². The van der Waals surface area contributed by atoms with Crippen molar-refractivity contribution < 1.29 is 47.4 Å². The summed E-state index contributed by atoms with van der Waals surface area (Å²) >= 11 is 0. The molecule has 0 aliphatic rings. The van der Waals surface area contributed by atoms with Gasteiger partial charge in [-0.25, -0.2) is 0 Å². The average molecular weight is 528 g/mol. The molecule has 0 amide bonds. The number of hydrogen-bond acceptors (Lipinski definition) is 11. The van der Waals surface area contributed by atoms with E-state index in [4.69, 9.17) is 53.1 Å². The molecule has 11 nitrogen and oxygen atoms in total. The van der Waals surface area contributed by atoms with Gasteiger partial charge in [-0.05, 0) is 6.42 Å². The SMILES string of the molecule is CCCCCOCCOCCOCCOCCOCCOCCOCCOCCOCCOCCN. The highest BCUT2D eigenvalue weighted by Gasteiger charge is 1.96. The van der Waals surface area contributed by atoms with Crippen LogP contribution in [0.25, 0.3) is 0 Å². The van der Waals surface area contributed by atoms with Gasteiger partial charge in [0.25, 0.3) is 0 Å². The highest BCUT2D eigenvalue weighted by atomic mass is 16.6. The molecule has 0 spiro atoms. The number of hydrogen-bond donors (Lipinski definition) is 1. The van der Waals surface area contributed by atoms with Gasteiger partial charge in [0.05, 0.1) is 126 Å². The van der Waals surface area contributed by atoms with Crippen molar-refractivity contribution in [2.24, 2.45) is 5.73 Å². The molecule has 36 heavy (non-hydrogen) atoms. The minimum absolute atomic E-state index is 0.527. The normalized spacial score (nSPS) is 11.5. The predicted molar refractivity (Wildman–Crippen MR) is 137 cm³/mol. The van der Waals surface area contributed by atoms with Gasteiger partial charge < -0.3 is 53.1 Å². The van der Waals surface area contributed by atoms with Crippen LogP contribution >= 0.6 is 0 Å². The third-order valence-electron chi connectivity index (χ3n) is 4.50. The van der Waals surface area contributed by atoms with Crippen molar-refractivity contribution in [2.75, 3.05) is 139 Å². The fourth-order valence-electron chi connectivity index (χ4n) is 2.62. The Balaban J connectivity index is 3.00. The van der Waals surface area contributed by atoms with E-state index in [1.807, 2.05) is 0 Å². The van der Waals surface area contributed by atoms with Crippen LogP contribution in [0.15, 0.2) is 0 Å². The Morgan fingerprint density at radius 1 is 0.306 bits per heavy atom. The molecule has 0 bridgehead atoms. The number of nitrogens with two attached hydrogens (primary N) is 1. The monoisotopic (exact) mass is 527 g/mol. The van der Waals surface area contributed by atoms with Crippen molar-refractivity contribution in [2.45, 2.75) is 26.2 Å². The van der Waals surface area contributed by atoms with Crippen molar-refractivity contribution in [3.8, 4) is 0 Å². The molecule has 218 valence electrons. The minimum Gasteiger partial charge on any atom is -0.379 e. The van der Waals surface area contributed by atoms with Crippen LogP contribution in [-0.4, -0.2) is 139 Å². The lowest BCUT2D eigenvalue weighted by Gasteiger charge is -2.09. The molecule has 0 aromatic heterocycles. The van der Waals surface area contributed by atoms with E-state index < -0.39 is 0 Å². The molecule has 0 unspecified atom stereocenters. The van der Waals surface area contributed by atoms with E-state index in [1.165, 1.54) is 12.8 Å². The van der Waals surface area contributed by atoms with E-state index in [-0.39, 0.29) is 0 Å². The van der Waals surface area contributed by atoms with Gasteiger partial charge in [0.2, 0.25) is 0 Å². The average Bonchev–Trinajstić information content (AvgIpc) is 2.89. The second kappa shape index (κ2) is 34.6. The molecule has 0 aromatic rings. The fraction of sp³-hybridized carbons (Fsp3) is 1.00. The first-order valence-corrected chi connectivity index (χ1v) is 13.4. The van der Waals surface area contributed by atoms with Crippen LogP contribution in [0.1, 0.15) is 26.2 Å². The quantitative estimate of drug-likeness (QED) is 0.124. The first-order valence-electron chi connectivity index (χ1n) is 13.4. The van der Waals surface area contributed by atoms with Crippen LogP contribution in [-0.2, 0) is 47.4 Å². The van der Waals surface area contributed by atoms with E-state index in [0.29, 0.717) is 132 Å². The Morgan fingerprint density at radius 2 is 0.528 bits per heavy atom. The van der Waals surface area contributed by atoms with Crippen LogP contribution in [0.2, 0.25) is 0 Å². The molecule has 2 N–H and O–H groups in total. The van der Waals surface area contributed by atoms with Crippen LogP contribution in [0.4, 0.5) is 0 Å². The Labute approximate surface area is 218 Å². The summed E-state index contributed by atoms with van der Waals surface area (Å²) in [6.45, 7) is 14.0. The third-order valence-corrected chi connectivity index (χ3v) is 4.50. The van der Waals surface area contributed by atoms with Crippen molar-refractivity contribution >= 4 is 0 Å². The molecule has 0 aromatic carbocycles. The number of rotatable bonds is 33. The molecule has 0 atom stereocenters. The second-order valence-electron chi connectivity index (χ2n) is 7.62. The molecular formula is C25H53NO10. The van der Waals surface area contributed by atoms with Crippen LogP contribution in [0.5, 0.6) is 0 Å². The standard InChI is InChI=1S/C25H53NO10/c1-2-3-4-6-27-8-10-29-12-14-31-16-18-33-20-22-35-24-25-36-23-21-34-19-17-32-15-13-30-11-9-28-7-5-26/h2-26H2,1H3. The summed E-state index contributed by atoms with van der Waals surface area (Å²) < 4.78 is 54.1. The number of ether oxygens (including phenoxy) is 10. The van der Waals surface area contributed by atoms with Crippen LogP contribution < -0.4 is 5.73 Å². The van der Waals surface area contributed by atoms with Gasteiger partial charge >= 0.3 is 0 Å². The lowest BCUT2D eigenvalue weighted by atomic mass is 10.3. The summed E-state index contributed by atoms with van der Waals surface area (Å²) in [4.78, 5) is 0. The Morgan fingerprint density at radius 3 is 0.750 bits per heavy atom. The molecule has 0 heterocycles. The van der Waals surface area contributed by atoms with E-state index in [0.717, 1.165) is 13.0 Å². The largest absolute Gasteiger partial charge is 0.379 e. The first kappa shape index (κ1) is 35.6. The molecule has 0 rings (SSSR count). The van der Waals surface area contributed by atoms with E-state index in [9.17, 15) is 0 Å². The molecule has 0 saturated heterocycles. The zero-order valence-corrected chi connectivity index (χ0v) is 22.6. The van der Waals surface area contributed by atoms with Gasteiger partial charge in [0.1, 0.15) is 0 Å². The zero-order chi connectivity index (χ0) is 26.0. The topological polar surface area (TPSA) is 118 Å². The van der Waals surface area contributed by atoms with Crippen molar-refractivity contribution in [1.82, 2.24) is 0 Å². The van der Waals surface area contributed by atoms with Gasteiger partial charge in [0.15, 0.2) is 0 Å². The maximum absolute atomic E-state index is 5.47. The van der Waals surface area contributed by atoms with Gasteiger partial charge in [-0.3, -0.25) is 0 Å². The van der Waals surface area contributed by atoms with Crippen molar-refractivity contribution in [3.63, 3.8) is 0 Å². The summed E-state index contributed by atoms with van der Waals surface area (Å²) in [7, 11) is 0. The molecular weight excluding hydrogens is 474 g/mol. The predicted octanol–water partition coefficient (Wildman–Crippen LogP) is 1.30. The van der Waals surface area contributed by atoms with Gasteiger partial charge in [-0.2, -0.15) is 0 Å². The van der Waals surface area contributed by atoms with Crippen molar-refractivity contribution in [3.05, 3.63) is 0 Å². The summed E-state index contributed by atoms with van der Waals surface area (Å²) in [5.74, 6) is 0. The fourth-order valence-corrected chi connectivity index (χ4v) is 2.62. The molecule has 0 fully saturated rings. The number of unbranched alkanes of at least 4 members (excludes halogenated alkanes) is 2. The molecule has 11 heteroatoms. The zero-order valence-electron chi connectivity index (χ0n) is 22.6. The van der Waals surface area contributed by atoms with Gasteiger partial charge in [0, 0.05) is 13.2 Å². The molecule has 0 radical (unpaired) electrons. The highest BCUT2D eigenvalue weighted by Crippen LogP contribution is 1.94. The summed E-state index contributed by atoms with van der Waals surface area (Å²) in [6, 6.07) is 0. The van der Waals surface area contributed by atoms with E-state index in [2.05, 4.69) is 6.92 Å². The van der Waals surface area contributed by atoms with Crippen molar-refractivity contribution in [1.29, 1.82) is 0 Å². The summed E-state index contributed by atoms with van der Waals surface area (Å²) in [6.07, 6.45) is 3.55. The summed E-state index contributed by atoms with van der Waals surface area (Å²) in [5.41, 5.74) is 5.32. The van der Waals surface area contributed by atoms with E-state index >= 15 is 0 Å². The summed E-state index contributed by atoms with van der Waals surface area (Å²) in [5, 5.41) is 0. The Kier molecular flexibility index (Phi) is 34.1. The second-order valence-corrected chi connectivity index (χ2v) is 7.62. The lowest BCUT2D eigenvalue weighted by Crippen LogP contribution is -2.15. The molecule has 0 aliphatic heterocycles. The maximum Gasteiger partial charge on any atom is 0.0701 e. The highest BCUT2D eigenvalue weighted by molar-refractivity contribution is 4.39. The van der Waals surface area contributed by atoms with E-state index in [1.54, 1.807) is 0 Å². The Bertz CT molecular complexity index is 349. The maximum atomic E-state index is 5.47. The smallest absolute Gasteiger partial charge is 0.0701 e. The van der Waals surface area contributed by atoms with Gasteiger partial charge in [-0.15, -0.1) is 0 Å². The minimum atomic E-state index is 0.527. The van der Waals surface area contributed by atoms with Gasteiger partial charge in [-0.1, -0.05) is 19.8 Å². The third kappa shape index (κ3) is 33.6. The Hall–Kier alpha value is -0.440. The molecule has 0 aliphatic carbocycles. The molecule has 0 saturated carbocycles. The first-order chi connectivity index (χ1) is 17.9. The van der Waals surface area contributed by atoms with Crippen LogP contribution in [0, 0.1) is 0 Å².